The molecule has 1 heteroatoms. The van der Waals surface area contributed by atoms with Crippen LogP contribution in [0.5, 0.6) is 0 Å². The maximum Gasteiger partial charge on any atom is 0.0137 e. The molecule has 0 fully saturated rings. The first-order valence-corrected chi connectivity index (χ1v) is 11.8. The molecule has 0 rings (SSSR count). The number of nitrogens with one attached hydrogen (secondary N) is 1. The maximum atomic E-state index is 3.55. The van der Waals surface area contributed by atoms with Gasteiger partial charge in [-0.05, 0) is 86.1 Å². The predicted molar refractivity (Wildman–Crippen MR) is 130 cm³/mol. The summed E-state index contributed by atoms with van der Waals surface area (Å²) in [5, 5.41) is 3.55. The van der Waals surface area contributed by atoms with E-state index in [0.29, 0.717) is 0 Å². The number of hydrogen-bond donors (Lipinski definition) is 1. The third-order valence-electron chi connectivity index (χ3n) is 5.21. The normalized spacial score (nSPS) is 13.1. The van der Waals surface area contributed by atoms with E-state index in [1.54, 1.807) is 0 Å². The molecule has 0 amide bonds. The Morgan fingerprint density at radius 3 is 1.64 bits per heavy atom. The fourth-order valence-corrected chi connectivity index (χ4v) is 3.19. The first kappa shape index (κ1) is 26.9. The smallest absolute Gasteiger partial charge is 0.0137 e. The summed E-state index contributed by atoms with van der Waals surface area (Å²) in [7, 11) is 0. The van der Waals surface area contributed by atoms with Gasteiger partial charge in [-0.15, -0.1) is 0 Å². The SMILES string of the molecule is CCCCCCCNC/C=C(\C)CC/C=C(\C)CC/C=C(\C)CCC=C(C)C. The van der Waals surface area contributed by atoms with E-state index in [2.05, 4.69) is 71.2 Å². The highest BCUT2D eigenvalue weighted by atomic mass is 14.8. The highest BCUT2D eigenvalue weighted by molar-refractivity contribution is 5.07. The Bertz CT molecular complexity index is 486. The lowest BCUT2D eigenvalue weighted by atomic mass is 10.0. The van der Waals surface area contributed by atoms with Crippen LogP contribution in [-0.2, 0) is 0 Å². The first-order valence-electron chi connectivity index (χ1n) is 11.8. The molecule has 0 saturated heterocycles. The standard InChI is InChI=1S/C27H49N/c1-7-8-9-10-11-22-28-23-21-27(6)20-14-19-26(5)18-13-17-25(4)16-12-15-24(2)3/h15,17,19,21,28H,7-14,16,18,20,22-23H2,1-6H3/b25-17+,26-19+,27-21+. The van der Waals surface area contributed by atoms with Crippen molar-refractivity contribution in [1.29, 1.82) is 0 Å². The minimum atomic E-state index is 1.03. The Kier molecular flexibility index (Phi) is 18.5. The van der Waals surface area contributed by atoms with Crippen molar-refractivity contribution in [1.82, 2.24) is 5.32 Å². The summed E-state index contributed by atoms with van der Waals surface area (Å²) in [6.45, 7) is 15.6. The second kappa shape index (κ2) is 19.2. The van der Waals surface area contributed by atoms with Crippen LogP contribution >= 0.6 is 0 Å². The van der Waals surface area contributed by atoms with E-state index < -0.39 is 0 Å². The molecule has 0 unspecified atom stereocenters. The van der Waals surface area contributed by atoms with Crippen LogP contribution in [0.1, 0.15) is 112 Å². The molecule has 0 aromatic carbocycles. The predicted octanol–water partition coefficient (Wildman–Crippen LogP) is 8.69. The van der Waals surface area contributed by atoms with Crippen molar-refractivity contribution in [3.05, 3.63) is 46.6 Å². The number of rotatable bonds is 17. The van der Waals surface area contributed by atoms with Crippen molar-refractivity contribution in [2.24, 2.45) is 0 Å². The van der Waals surface area contributed by atoms with Gasteiger partial charge in [-0.25, -0.2) is 0 Å². The third-order valence-corrected chi connectivity index (χ3v) is 5.21. The zero-order chi connectivity index (χ0) is 21.0. The average molecular weight is 388 g/mol. The third kappa shape index (κ3) is 19.7. The largest absolute Gasteiger partial charge is 0.313 e. The average Bonchev–Trinajstić information content (AvgIpc) is 2.63. The van der Waals surface area contributed by atoms with E-state index >= 15 is 0 Å². The van der Waals surface area contributed by atoms with E-state index in [-0.39, 0.29) is 0 Å². The van der Waals surface area contributed by atoms with Crippen LogP contribution in [0.15, 0.2) is 46.6 Å². The van der Waals surface area contributed by atoms with Gasteiger partial charge in [0.25, 0.3) is 0 Å². The van der Waals surface area contributed by atoms with Crippen LogP contribution in [0.4, 0.5) is 0 Å². The van der Waals surface area contributed by atoms with Crippen molar-refractivity contribution in [2.75, 3.05) is 13.1 Å². The number of hydrogen-bond acceptors (Lipinski definition) is 1. The Morgan fingerprint density at radius 2 is 1.11 bits per heavy atom. The van der Waals surface area contributed by atoms with E-state index in [0.717, 1.165) is 13.1 Å². The fraction of sp³-hybridized carbons (Fsp3) is 0.704. The molecule has 0 aliphatic carbocycles. The van der Waals surface area contributed by atoms with Gasteiger partial charge >= 0.3 is 0 Å². The Labute approximate surface area is 177 Å². The van der Waals surface area contributed by atoms with Gasteiger partial charge in [0.2, 0.25) is 0 Å². The molecule has 0 aromatic heterocycles. The van der Waals surface area contributed by atoms with Gasteiger partial charge in [0.05, 0.1) is 0 Å². The lowest BCUT2D eigenvalue weighted by Gasteiger charge is -2.04. The van der Waals surface area contributed by atoms with E-state index in [1.165, 1.54) is 92.9 Å². The Hall–Kier alpha value is -1.08. The molecule has 0 spiro atoms. The summed E-state index contributed by atoms with van der Waals surface area (Å²) in [6, 6.07) is 0. The summed E-state index contributed by atoms with van der Waals surface area (Å²) in [5.41, 5.74) is 6.00. The molecule has 0 atom stereocenters. The van der Waals surface area contributed by atoms with Crippen LogP contribution in [0, 0.1) is 0 Å². The molecule has 0 aliphatic heterocycles. The van der Waals surface area contributed by atoms with E-state index in [9.17, 15) is 0 Å². The van der Waals surface area contributed by atoms with Crippen LogP contribution in [0.3, 0.4) is 0 Å². The lowest BCUT2D eigenvalue weighted by molar-refractivity contribution is 0.600. The topological polar surface area (TPSA) is 12.0 Å². The zero-order valence-electron chi connectivity index (χ0n) is 20.0. The first-order chi connectivity index (χ1) is 13.5. The van der Waals surface area contributed by atoms with E-state index in [4.69, 9.17) is 0 Å². The summed E-state index contributed by atoms with van der Waals surface area (Å²) in [5.74, 6) is 0. The molecular formula is C27H49N. The van der Waals surface area contributed by atoms with Gasteiger partial charge in [0.1, 0.15) is 0 Å². The molecule has 0 aliphatic rings. The molecule has 1 N–H and O–H groups in total. The molecule has 1 nitrogen and oxygen atoms in total. The van der Waals surface area contributed by atoms with Gasteiger partial charge in [0.15, 0.2) is 0 Å². The Morgan fingerprint density at radius 1 is 0.607 bits per heavy atom. The molecule has 0 aromatic rings. The van der Waals surface area contributed by atoms with Crippen molar-refractivity contribution in [3.8, 4) is 0 Å². The molecule has 0 bridgehead atoms. The summed E-state index contributed by atoms with van der Waals surface area (Å²) < 4.78 is 0. The highest BCUT2D eigenvalue weighted by Crippen LogP contribution is 2.13. The molecule has 0 heterocycles. The molecule has 0 saturated carbocycles. The molecule has 162 valence electrons. The van der Waals surface area contributed by atoms with Crippen molar-refractivity contribution >= 4 is 0 Å². The zero-order valence-corrected chi connectivity index (χ0v) is 20.0. The van der Waals surface area contributed by atoms with Gasteiger partial charge in [-0.2, -0.15) is 0 Å². The second-order valence-electron chi connectivity index (χ2n) is 8.67. The van der Waals surface area contributed by atoms with Gasteiger partial charge in [-0.3, -0.25) is 0 Å². The van der Waals surface area contributed by atoms with Crippen molar-refractivity contribution in [2.45, 2.75) is 112 Å². The lowest BCUT2D eigenvalue weighted by Crippen LogP contribution is -2.15. The molecular weight excluding hydrogens is 338 g/mol. The van der Waals surface area contributed by atoms with Crippen LogP contribution in [0.25, 0.3) is 0 Å². The van der Waals surface area contributed by atoms with Crippen LogP contribution in [-0.4, -0.2) is 13.1 Å². The number of allylic oxidation sites excluding steroid dienone is 7. The highest BCUT2D eigenvalue weighted by Gasteiger charge is 1.94. The van der Waals surface area contributed by atoms with Crippen LogP contribution in [0.2, 0.25) is 0 Å². The summed E-state index contributed by atoms with van der Waals surface area (Å²) in [4.78, 5) is 0. The minimum Gasteiger partial charge on any atom is -0.313 e. The summed E-state index contributed by atoms with van der Waals surface area (Å²) in [6.07, 6.45) is 23.5. The molecule has 0 radical (unpaired) electrons. The number of unbranched alkanes of at least 4 members (excludes halogenated alkanes) is 4. The van der Waals surface area contributed by atoms with Gasteiger partial charge in [-0.1, -0.05) is 79.2 Å². The van der Waals surface area contributed by atoms with Crippen LogP contribution < -0.4 is 5.32 Å². The van der Waals surface area contributed by atoms with Crippen molar-refractivity contribution in [3.63, 3.8) is 0 Å². The quantitative estimate of drug-likeness (QED) is 0.194. The van der Waals surface area contributed by atoms with Crippen molar-refractivity contribution < 1.29 is 0 Å². The van der Waals surface area contributed by atoms with Gasteiger partial charge < -0.3 is 5.32 Å². The second-order valence-corrected chi connectivity index (χ2v) is 8.67. The Balaban J connectivity index is 3.81. The van der Waals surface area contributed by atoms with E-state index in [1.807, 2.05) is 0 Å². The minimum absolute atomic E-state index is 1.03. The van der Waals surface area contributed by atoms with Gasteiger partial charge in [0, 0.05) is 6.54 Å². The maximum absolute atomic E-state index is 3.55. The fourth-order valence-electron chi connectivity index (χ4n) is 3.19. The summed E-state index contributed by atoms with van der Waals surface area (Å²) >= 11 is 0. The molecule has 28 heavy (non-hydrogen) atoms. The monoisotopic (exact) mass is 387 g/mol.